The van der Waals surface area contributed by atoms with Crippen molar-refractivity contribution in [2.45, 2.75) is 297 Å². The third-order valence-electron chi connectivity index (χ3n) is 13.3. The second kappa shape index (κ2) is 62.6. The van der Waals surface area contributed by atoms with Gasteiger partial charge in [0.1, 0.15) is 13.2 Å². The highest BCUT2D eigenvalue weighted by Crippen LogP contribution is 2.17. The normalized spacial score (nSPS) is 12.8. The van der Waals surface area contributed by atoms with Gasteiger partial charge >= 0.3 is 17.9 Å². The van der Waals surface area contributed by atoms with Crippen molar-refractivity contribution in [2.24, 2.45) is 0 Å². The largest absolute Gasteiger partial charge is 0.462 e. The topological polar surface area (TPSA) is 78.9 Å². The molecule has 428 valence electrons. The zero-order chi connectivity index (χ0) is 54.3. The predicted molar refractivity (Wildman–Crippen MR) is 325 cm³/mol. The van der Waals surface area contributed by atoms with E-state index in [2.05, 4.69) is 118 Å². The van der Waals surface area contributed by atoms with Gasteiger partial charge in [-0.15, -0.1) is 0 Å². The molecule has 0 aromatic carbocycles. The van der Waals surface area contributed by atoms with Gasteiger partial charge in [0.2, 0.25) is 0 Å². The number of hydrogen-bond donors (Lipinski definition) is 0. The second-order valence-corrected chi connectivity index (χ2v) is 20.6. The molecule has 0 aliphatic carbocycles. The number of hydrogen-bond acceptors (Lipinski definition) is 6. The quantitative estimate of drug-likeness (QED) is 0.0261. The van der Waals surface area contributed by atoms with Crippen LogP contribution < -0.4 is 0 Å². The van der Waals surface area contributed by atoms with E-state index in [1.807, 2.05) is 6.08 Å². The van der Waals surface area contributed by atoms with E-state index in [9.17, 15) is 14.4 Å². The van der Waals surface area contributed by atoms with Gasteiger partial charge in [0.05, 0.1) is 6.42 Å². The summed E-state index contributed by atoms with van der Waals surface area (Å²) in [5.41, 5.74) is 0. The van der Waals surface area contributed by atoms with E-state index < -0.39 is 12.1 Å². The summed E-state index contributed by atoms with van der Waals surface area (Å²) in [5, 5.41) is 0. The standard InChI is InChI=1S/C69H116O6/c1-4-7-10-13-16-19-22-25-28-30-31-32-33-34-35-36-37-39-41-44-47-50-53-56-59-62-68(71)74-65-66(64-73-67(70)61-58-55-52-49-46-43-40-27-24-21-18-15-12-9-6-3)75-69(72)63-60-57-54-51-48-45-42-38-29-26-23-20-17-14-11-8-5-2/h7,9-10,12,16,18-19,21,25,27-28,31-32,40,46,49,55,58,66H,4-6,8,11,13-15,17,20,22-24,26,29-30,33-39,41-45,47-48,50-54,56-57,59-65H2,1-3H3/b10-7-,12-9-,19-16-,21-18-,28-25-,32-31-,40-27-,49-46-,58-55-. The Morgan fingerprint density at radius 1 is 0.293 bits per heavy atom. The van der Waals surface area contributed by atoms with Gasteiger partial charge in [-0.25, -0.2) is 0 Å². The molecule has 0 heterocycles. The number of rotatable bonds is 56. The summed E-state index contributed by atoms with van der Waals surface area (Å²) in [6.45, 7) is 6.35. The van der Waals surface area contributed by atoms with Crippen molar-refractivity contribution in [3.8, 4) is 0 Å². The smallest absolute Gasteiger partial charge is 0.309 e. The predicted octanol–water partition coefficient (Wildman–Crippen LogP) is 21.4. The minimum atomic E-state index is -0.819. The van der Waals surface area contributed by atoms with E-state index in [1.165, 1.54) is 154 Å². The van der Waals surface area contributed by atoms with Crippen molar-refractivity contribution in [3.05, 3.63) is 109 Å². The van der Waals surface area contributed by atoms with Gasteiger partial charge in [0.25, 0.3) is 0 Å². The third-order valence-corrected chi connectivity index (χ3v) is 13.3. The lowest BCUT2D eigenvalue weighted by atomic mass is 10.0. The molecule has 0 spiro atoms. The van der Waals surface area contributed by atoms with Crippen molar-refractivity contribution >= 4 is 17.9 Å². The number of carbonyl (C=O) groups excluding carboxylic acids is 3. The first-order chi connectivity index (χ1) is 37.0. The molecule has 0 aromatic rings. The fourth-order valence-electron chi connectivity index (χ4n) is 8.69. The number of unbranched alkanes of at least 4 members (excludes halogenated alkanes) is 28. The van der Waals surface area contributed by atoms with Crippen LogP contribution in [-0.4, -0.2) is 37.2 Å². The molecule has 0 aliphatic heterocycles. The minimum absolute atomic E-state index is 0.107. The first-order valence-electron chi connectivity index (χ1n) is 31.4. The Kier molecular flexibility index (Phi) is 59.3. The van der Waals surface area contributed by atoms with Crippen molar-refractivity contribution in [1.82, 2.24) is 0 Å². The summed E-state index contributed by atoms with van der Waals surface area (Å²) < 4.78 is 16.8. The van der Waals surface area contributed by atoms with E-state index >= 15 is 0 Å². The van der Waals surface area contributed by atoms with Crippen LogP contribution in [0.2, 0.25) is 0 Å². The molecule has 1 unspecified atom stereocenters. The Morgan fingerprint density at radius 2 is 0.573 bits per heavy atom. The van der Waals surface area contributed by atoms with Crippen molar-refractivity contribution < 1.29 is 28.6 Å². The number of carbonyl (C=O) groups is 3. The molecule has 0 N–H and O–H groups in total. The Morgan fingerprint density at radius 3 is 0.933 bits per heavy atom. The highest BCUT2D eigenvalue weighted by molar-refractivity contribution is 5.72. The molecule has 0 saturated heterocycles. The SMILES string of the molecule is CC/C=C\C/C=C\C/C=C\C/C=C\C/C=C\CC(=O)OCC(COC(=O)CCCCCCCCCCCCCC/C=C\C/C=C\C/C=C\C/C=C\CC)OC(=O)CCCCCCCCCCCCCCCCCCC. The Balaban J connectivity index is 4.39. The van der Waals surface area contributed by atoms with Gasteiger partial charge in [-0.05, 0) is 83.5 Å². The lowest BCUT2D eigenvalue weighted by molar-refractivity contribution is -0.166. The molecule has 1 atom stereocenters. The van der Waals surface area contributed by atoms with Crippen LogP contribution in [0, 0.1) is 0 Å². The lowest BCUT2D eigenvalue weighted by Crippen LogP contribution is -2.30. The average Bonchev–Trinajstić information content (AvgIpc) is 3.41. The number of esters is 3. The highest BCUT2D eigenvalue weighted by Gasteiger charge is 2.19. The molecule has 0 aliphatic rings. The number of ether oxygens (including phenoxy) is 3. The van der Waals surface area contributed by atoms with Gasteiger partial charge in [0.15, 0.2) is 6.10 Å². The maximum absolute atomic E-state index is 12.9. The van der Waals surface area contributed by atoms with Crippen LogP contribution in [0.4, 0.5) is 0 Å². The third kappa shape index (κ3) is 60.8. The van der Waals surface area contributed by atoms with Gasteiger partial charge in [-0.3, -0.25) is 14.4 Å². The Labute approximate surface area is 463 Å². The first-order valence-corrected chi connectivity index (χ1v) is 31.4. The molecule has 6 heteroatoms. The van der Waals surface area contributed by atoms with Crippen LogP contribution in [0.25, 0.3) is 0 Å². The molecule has 0 rings (SSSR count). The van der Waals surface area contributed by atoms with Crippen LogP contribution in [-0.2, 0) is 28.6 Å². The van der Waals surface area contributed by atoms with Gasteiger partial charge in [-0.1, -0.05) is 297 Å². The van der Waals surface area contributed by atoms with Crippen LogP contribution in [0.3, 0.4) is 0 Å². The number of allylic oxidation sites excluding steroid dienone is 17. The summed E-state index contributed by atoms with van der Waals surface area (Å²) in [4.78, 5) is 38.2. The van der Waals surface area contributed by atoms with Crippen molar-refractivity contribution in [3.63, 3.8) is 0 Å². The second-order valence-electron chi connectivity index (χ2n) is 20.6. The van der Waals surface area contributed by atoms with E-state index in [0.717, 1.165) is 96.3 Å². The Hall–Kier alpha value is -3.93. The molecule has 0 bridgehead atoms. The van der Waals surface area contributed by atoms with Crippen molar-refractivity contribution in [1.29, 1.82) is 0 Å². The molecular formula is C69H116O6. The molecule has 75 heavy (non-hydrogen) atoms. The zero-order valence-electron chi connectivity index (χ0n) is 49.0. The summed E-state index contributed by atoms with van der Waals surface area (Å²) in [6, 6.07) is 0. The first kappa shape index (κ1) is 71.1. The highest BCUT2D eigenvalue weighted by atomic mass is 16.6. The fourth-order valence-corrected chi connectivity index (χ4v) is 8.69. The van der Waals surface area contributed by atoms with E-state index in [-0.39, 0.29) is 31.6 Å². The average molecular weight is 1040 g/mol. The van der Waals surface area contributed by atoms with Crippen LogP contribution >= 0.6 is 0 Å². The molecule has 0 radical (unpaired) electrons. The van der Waals surface area contributed by atoms with Gasteiger partial charge < -0.3 is 14.2 Å². The molecular weight excluding hydrogens is 925 g/mol. The minimum Gasteiger partial charge on any atom is -0.462 e. The van der Waals surface area contributed by atoms with Crippen LogP contribution in [0.5, 0.6) is 0 Å². The van der Waals surface area contributed by atoms with Crippen LogP contribution in [0.15, 0.2) is 109 Å². The zero-order valence-corrected chi connectivity index (χ0v) is 49.0. The fraction of sp³-hybridized carbons (Fsp3) is 0.696. The van der Waals surface area contributed by atoms with Crippen LogP contribution in [0.1, 0.15) is 290 Å². The maximum Gasteiger partial charge on any atom is 0.309 e. The summed E-state index contributed by atoms with van der Waals surface area (Å²) in [5.74, 6) is -1.03. The summed E-state index contributed by atoms with van der Waals surface area (Å²) in [6.07, 6.45) is 85.5. The molecule has 0 aromatic heterocycles. The molecule has 6 nitrogen and oxygen atoms in total. The molecule has 0 amide bonds. The lowest BCUT2D eigenvalue weighted by Gasteiger charge is -2.18. The van der Waals surface area contributed by atoms with E-state index in [4.69, 9.17) is 14.2 Å². The van der Waals surface area contributed by atoms with Gasteiger partial charge in [0, 0.05) is 12.8 Å². The monoisotopic (exact) mass is 1040 g/mol. The molecule has 0 saturated carbocycles. The maximum atomic E-state index is 12.9. The summed E-state index contributed by atoms with van der Waals surface area (Å²) in [7, 11) is 0. The Bertz CT molecular complexity index is 1520. The van der Waals surface area contributed by atoms with Crippen molar-refractivity contribution in [2.75, 3.05) is 13.2 Å². The van der Waals surface area contributed by atoms with E-state index in [0.29, 0.717) is 12.8 Å². The summed E-state index contributed by atoms with van der Waals surface area (Å²) >= 11 is 0. The molecule has 0 fully saturated rings. The van der Waals surface area contributed by atoms with Gasteiger partial charge in [-0.2, -0.15) is 0 Å². The van der Waals surface area contributed by atoms with E-state index in [1.54, 1.807) is 6.08 Å².